The third kappa shape index (κ3) is 7.11. The van der Waals surface area contributed by atoms with Gasteiger partial charge in [-0.05, 0) is 92.0 Å². The molecule has 5 aliphatic heterocycles. The van der Waals surface area contributed by atoms with Gasteiger partial charge < -0.3 is 15.3 Å². The van der Waals surface area contributed by atoms with E-state index in [1.807, 2.05) is 30.1 Å². The molecule has 2 saturated heterocycles. The van der Waals surface area contributed by atoms with Crippen molar-refractivity contribution in [1.82, 2.24) is 14.5 Å². The molecule has 5 heterocycles. The van der Waals surface area contributed by atoms with E-state index in [4.69, 9.17) is 0 Å². The van der Waals surface area contributed by atoms with E-state index in [0.717, 1.165) is 41.1 Å². The molecule has 0 aliphatic carbocycles. The molecule has 58 heavy (non-hydrogen) atoms. The number of rotatable bonds is 12. The fourth-order valence-electron chi connectivity index (χ4n) is 8.78. The van der Waals surface area contributed by atoms with Gasteiger partial charge in [-0.1, -0.05) is 18.6 Å². The Hall–Kier alpha value is -4.97. The summed E-state index contributed by atoms with van der Waals surface area (Å²) in [5, 5.41) is 15.8. The van der Waals surface area contributed by atoms with Crippen LogP contribution in [0.1, 0.15) is 77.8 Å². The molecule has 8 rings (SSSR count). The number of carbonyl (C=O) groups excluding carboxylic acids is 4. The largest absolute Gasteiger partial charge is 0.394 e. The number of thioether (sulfide) groups is 1. The van der Waals surface area contributed by atoms with Crippen molar-refractivity contribution >= 4 is 68.2 Å². The molecule has 2 unspecified atom stereocenters. The third-order valence-corrected chi connectivity index (χ3v) is 14.5. The molecule has 3 N–H and O–H groups in total. The standard InChI is InChI=1S/C41H44FN7O7S2/c1-23-21-44-41(45-23)58(55,56)48-17-15-26-33(22-50)47(2)31-12-9-24(19-29(31)37(26)48)28-20-25(10-11-30(28)42)43-16-4-3-5-18-57-34-8-6-7-27-36(34)40(54)49(39(27)53)32-13-14-35(51)46-38(32)52/h6-12,19-21,23,26,32-33,37,43,50H,3-5,13-18,22H2,1-2H3,(H,46,51,52)/t23?,26-,32?,33-,37-/m1/s1. The van der Waals surface area contributed by atoms with Crippen LogP contribution in [0, 0.1) is 11.7 Å². The van der Waals surface area contributed by atoms with Crippen molar-refractivity contribution in [2.75, 3.05) is 42.7 Å². The quantitative estimate of drug-likeness (QED) is 0.133. The second kappa shape index (κ2) is 16.0. The van der Waals surface area contributed by atoms with Crippen molar-refractivity contribution in [3.05, 3.63) is 77.1 Å². The maximum atomic E-state index is 15.5. The first-order valence-electron chi connectivity index (χ1n) is 19.5. The number of anilines is 2. The van der Waals surface area contributed by atoms with Gasteiger partial charge in [-0.15, -0.1) is 11.8 Å². The molecule has 5 atom stereocenters. The van der Waals surface area contributed by atoms with Crippen molar-refractivity contribution in [3.63, 3.8) is 0 Å². The SMILES string of the molecule is CC1C=NC(S(=O)(=O)N2CC[C@@H]3[C@@H](CO)N(C)c4ccc(-c5cc(NCCCCCSc6cccc7c6C(=O)N(C6CCC(=O)NC6=O)C7=O)ccc5F)cc4[C@@H]32)=N1. The van der Waals surface area contributed by atoms with Gasteiger partial charge in [0, 0.05) is 60.5 Å². The van der Waals surface area contributed by atoms with Crippen LogP contribution < -0.4 is 15.5 Å². The summed E-state index contributed by atoms with van der Waals surface area (Å²) < 4.78 is 44.7. The minimum Gasteiger partial charge on any atom is -0.394 e. The number of fused-ring (bicyclic) bond motifs is 4. The zero-order valence-electron chi connectivity index (χ0n) is 32.1. The predicted octanol–water partition coefficient (Wildman–Crippen LogP) is 4.60. The number of hydrogen-bond acceptors (Lipinski definition) is 12. The lowest BCUT2D eigenvalue weighted by molar-refractivity contribution is -0.136. The maximum Gasteiger partial charge on any atom is 0.278 e. The molecule has 0 aromatic heterocycles. The summed E-state index contributed by atoms with van der Waals surface area (Å²) in [6.45, 7) is 2.50. The lowest BCUT2D eigenvalue weighted by atomic mass is 9.81. The van der Waals surface area contributed by atoms with Crippen molar-refractivity contribution in [2.45, 2.75) is 74.5 Å². The number of benzene rings is 3. The molecule has 0 radical (unpaired) electrons. The summed E-state index contributed by atoms with van der Waals surface area (Å²) in [7, 11) is -2.14. The first kappa shape index (κ1) is 39.8. The molecule has 14 nitrogen and oxygen atoms in total. The number of aliphatic imine (C=N–C) groups is 2. The average molecular weight is 830 g/mol. The summed E-state index contributed by atoms with van der Waals surface area (Å²) in [6, 6.07) is 13.3. The van der Waals surface area contributed by atoms with E-state index in [2.05, 4.69) is 20.6 Å². The normalized spacial score (nSPS) is 24.2. The van der Waals surface area contributed by atoms with E-state index in [0.29, 0.717) is 40.3 Å². The van der Waals surface area contributed by atoms with Crippen LogP contribution in [0.2, 0.25) is 0 Å². The minimum absolute atomic E-state index is 0.0610. The zero-order chi connectivity index (χ0) is 40.9. The van der Waals surface area contributed by atoms with Crippen molar-refractivity contribution < 1.29 is 37.1 Å². The molecule has 3 aromatic carbocycles. The van der Waals surface area contributed by atoms with Crippen molar-refractivity contribution in [3.8, 4) is 11.1 Å². The molecular formula is C41H44FN7O7S2. The number of nitrogens with zero attached hydrogens (tertiary/aromatic N) is 5. The van der Waals surface area contributed by atoms with Crippen LogP contribution in [0.15, 0.2) is 69.5 Å². The molecule has 304 valence electrons. The highest BCUT2D eigenvalue weighted by molar-refractivity contribution is 8.04. The van der Waals surface area contributed by atoms with Gasteiger partial charge in [0.1, 0.15) is 11.9 Å². The van der Waals surface area contributed by atoms with E-state index < -0.39 is 51.6 Å². The zero-order valence-corrected chi connectivity index (χ0v) is 33.7. The van der Waals surface area contributed by atoms with Gasteiger partial charge in [0.2, 0.25) is 11.8 Å². The van der Waals surface area contributed by atoms with Crippen LogP contribution in [0.5, 0.6) is 0 Å². The molecule has 0 saturated carbocycles. The first-order chi connectivity index (χ1) is 27.9. The summed E-state index contributed by atoms with van der Waals surface area (Å²) in [5.74, 6) is -2.01. The van der Waals surface area contributed by atoms with Crippen LogP contribution in [0.4, 0.5) is 15.8 Å². The Morgan fingerprint density at radius 1 is 1.00 bits per heavy atom. The molecule has 0 bridgehead atoms. The third-order valence-electron chi connectivity index (χ3n) is 11.7. The number of likely N-dealkylation sites (N-methyl/N-ethyl adjacent to an activating group) is 1. The number of piperidine rings is 1. The monoisotopic (exact) mass is 829 g/mol. The molecule has 5 aliphatic rings. The Morgan fingerprint density at radius 2 is 1.83 bits per heavy atom. The molecule has 0 spiro atoms. The highest BCUT2D eigenvalue weighted by atomic mass is 32.2. The van der Waals surface area contributed by atoms with E-state index in [9.17, 15) is 32.7 Å². The second-order valence-corrected chi connectivity index (χ2v) is 18.2. The Balaban J connectivity index is 0.900. The van der Waals surface area contributed by atoms with E-state index in [1.165, 1.54) is 28.3 Å². The predicted molar refractivity (Wildman–Crippen MR) is 219 cm³/mol. The lowest BCUT2D eigenvalue weighted by Crippen LogP contribution is -2.54. The van der Waals surface area contributed by atoms with E-state index in [-0.39, 0.29) is 54.7 Å². The van der Waals surface area contributed by atoms with Crippen LogP contribution in [0.25, 0.3) is 11.1 Å². The topological polar surface area (TPSA) is 181 Å². The Bertz CT molecular complexity index is 2370. The minimum atomic E-state index is -4.02. The molecule has 2 fully saturated rings. The number of sulfonamides is 1. The van der Waals surface area contributed by atoms with Gasteiger partial charge >= 0.3 is 0 Å². The molecular weight excluding hydrogens is 786 g/mol. The number of amidine groups is 1. The molecule has 4 amide bonds. The summed E-state index contributed by atoms with van der Waals surface area (Å²) >= 11 is 1.48. The van der Waals surface area contributed by atoms with Gasteiger partial charge in [0.15, 0.2) is 0 Å². The lowest BCUT2D eigenvalue weighted by Gasteiger charge is -2.44. The summed E-state index contributed by atoms with van der Waals surface area (Å²) in [5.41, 5.74) is 3.79. The van der Waals surface area contributed by atoms with Crippen molar-refractivity contribution in [1.29, 1.82) is 0 Å². The fraction of sp³-hybridized carbons (Fsp3) is 0.415. The number of imide groups is 2. The summed E-state index contributed by atoms with van der Waals surface area (Å²) in [4.78, 5) is 62.6. The molecule has 3 aromatic rings. The number of unbranched alkanes of at least 4 members (excludes halogenated alkanes) is 2. The Morgan fingerprint density at radius 3 is 2.59 bits per heavy atom. The van der Waals surface area contributed by atoms with Crippen LogP contribution in [-0.2, 0) is 19.6 Å². The van der Waals surface area contributed by atoms with Crippen molar-refractivity contribution in [2.24, 2.45) is 15.9 Å². The fourth-order valence-corrected chi connectivity index (χ4v) is 11.5. The van der Waals surface area contributed by atoms with Gasteiger partial charge in [-0.3, -0.25) is 29.4 Å². The maximum absolute atomic E-state index is 15.5. The number of halogens is 1. The molecule has 17 heteroatoms. The average Bonchev–Trinajstić information content (AvgIpc) is 3.92. The Labute approximate surface area is 340 Å². The van der Waals surface area contributed by atoms with E-state index in [1.54, 1.807) is 37.3 Å². The number of aliphatic hydroxyl groups is 1. The summed E-state index contributed by atoms with van der Waals surface area (Å²) in [6.07, 6.45) is 4.73. The van der Waals surface area contributed by atoms with E-state index >= 15 is 4.39 Å². The number of nitrogens with one attached hydrogen (secondary N) is 2. The van der Waals surface area contributed by atoms with Gasteiger partial charge in [0.25, 0.3) is 27.0 Å². The Kier molecular flexibility index (Phi) is 11.0. The number of amides is 4. The highest BCUT2D eigenvalue weighted by Crippen LogP contribution is 2.51. The van der Waals surface area contributed by atoms with Crippen LogP contribution >= 0.6 is 11.8 Å². The second-order valence-electron chi connectivity index (χ2n) is 15.2. The van der Waals surface area contributed by atoms with Gasteiger partial charge in [-0.25, -0.2) is 22.8 Å². The van der Waals surface area contributed by atoms with Gasteiger partial charge in [0.05, 0.1) is 35.9 Å². The van der Waals surface area contributed by atoms with Crippen LogP contribution in [-0.4, -0.2) is 108 Å². The number of carbonyl (C=O) groups is 4. The first-order valence-corrected chi connectivity index (χ1v) is 21.9. The number of hydrogen-bond donors (Lipinski definition) is 3. The number of aliphatic hydroxyl groups excluding tert-OH is 1. The smallest absolute Gasteiger partial charge is 0.278 e. The highest BCUT2D eigenvalue weighted by Gasteiger charge is 2.51. The van der Waals surface area contributed by atoms with Crippen LogP contribution in [0.3, 0.4) is 0 Å². The van der Waals surface area contributed by atoms with Gasteiger partial charge in [-0.2, -0.15) is 4.31 Å².